The molecule has 3 aromatic rings. The van der Waals surface area contributed by atoms with E-state index < -0.39 is 46.0 Å². The Labute approximate surface area is 269 Å². The monoisotopic (exact) mass is 679 g/mol. The summed E-state index contributed by atoms with van der Waals surface area (Å²) in [6.45, 7) is 13.4. The second-order valence-corrected chi connectivity index (χ2v) is 13.6. The minimum Gasteiger partial charge on any atom is -0.424 e. The number of nitrogens with one attached hydrogen (secondary N) is 3. The fraction of sp³-hybridized carbons (Fsp3) is 0.419. The van der Waals surface area contributed by atoms with Crippen LogP contribution in [0.5, 0.6) is 5.75 Å². The van der Waals surface area contributed by atoms with Crippen molar-refractivity contribution in [1.82, 2.24) is 9.62 Å². The van der Waals surface area contributed by atoms with E-state index in [1.54, 1.807) is 16.9 Å². The zero-order chi connectivity index (χ0) is 33.6. The maximum absolute atomic E-state index is 14.8. The van der Waals surface area contributed by atoms with E-state index in [0.717, 1.165) is 62.0 Å². The number of anilines is 2. The summed E-state index contributed by atoms with van der Waals surface area (Å²) >= 11 is 1.16. The second kappa shape index (κ2) is 14.6. The average Bonchev–Trinajstić information content (AvgIpc) is 3.30. The molecule has 0 unspecified atom stereocenters. The molecule has 1 saturated heterocycles. The Hall–Kier alpha value is -4.05. The van der Waals surface area contributed by atoms with Gasteiger partial charge < -0.3 is 20.3 Å². The smallest absolute Gasteiger partial charge is 0.393 e. The molecule has 0 radical (unpaired) electrons. The van der Waals surface area contributed by atoms with E-state index in [4.69, 9.17) is 11.3 Å². The Morgan fingerprint density at radius 2 is 1.93 bits per heavy atom. The molecule has 1 fully saturated rings. The van der Waals surface area contributed by atoms with Gasteiger partial charge in [-0.25, -0.2) is 24.1 Å². The molecule has 0 bridgehead atoms. The lowest BCUT2D eigenvalue weighted by molar-refractivity contribution is -0.127. The predicted octanol–water partition coefficient (Wildman–Crippen LogP) is 5.97. The second-order valence-electron chi connectivity index (χ2n) is 11.0. The maximum Gasteiger partial charge on any atom is 0.393 e. The summed E-state index contributed by atoms with van der Waals surface area (Å²) < 4.78 is 88.2. The van der Waals surface area contributed by atoms with Crippen LogP contribution in [0.4, 0.5) is 28.9 Å². The summed E-state index contributed by atoms with van der Waals surface area (Å²) in [6, 6.07) is 7.52. The highest BCUT2D eigenvalue weighted by Crippen LogP contribution is 2.39. The lowest BCUT2D eigenvalue weighted by atomic mass is 10.0. The molecule has 1 aliphatic rings. The number of piperidine rings is 1. The molecule has 1 amide bonds. The fourth-order valence-electron chi connectivity index (χ4n) is 5.15. The first-order valence-electron chi connectivity index (χ1n) is 14.4. The Balaban J connectivity index is 1.60. The summed E-state index contributed by atoms with van der Waals surface area (Å²) in [5.74, 6) is 3.27. The number of likely N-dealkylation sites (tertiary alicyclic amines) is 1. The number of thiophene rings is 1. The number of halogens is 4. The molecule has 9 nitrogen and oxygen atoms in total. The number of carbonyl (C=O) groups excluding carboxylic acids is 1. The molecule has 0 aliphatic carbocycles. The number of alkyl halides is 3. The summed E-state index contributed by atoms with van der Waals surface area (Å²) in [5, 5.41) is 6.78. The first-order chi connectivity index (χ1) is 21.7. The van der Waals surface area contributed by atoms with E-state index in [1.165, 1.54) is 0 Å². The molecule has 0 spiro atoms. The molecule has 2 heterocycles. The number of sulfonamides is 1. The maximum atomic E-state index is 14.8. The van der Waals surface area contributed by atoms with Crippen LogP contribution >= 0.6 is 11.3 Å². The standard InChI is InChI=1S/C31H33F4N5O4S2/c1-19(2)40-13-10-21(11-14-40)38-25-8-5-7-22-23(17-31(33,34)35)28(45-30(22)25)9-6-12-37-26-15-24(32)29(16-27(26)44-18-36-4)46(42,43)39-20(3)41/h5,7-8,15-16,19,21,37-38H,10-14,17-18H2,1-3H3,(H,39,41). The zero-order valence-corrected chi connectivity index (χ0v) is 27.0. The van der Waals surface area contributed by atoms with Crippen LogP contribution in [0.2, 0.25) is 0 Å². The van der Waals surface area contributed by atoms with Crippen molar-refractivity contribution in [3.8, 4) is 17.6 Å². The number of hydrogen-bond acceptors (Lipinski definition) is 8. The zero-order valence-electron chi connectivity index (χ0n) is 25.3. The predicted molar refractivity (Wildman–Crippen MR) is 170 cm³/mol. The van der Waals surface area contributed by atoms with Crippen molar-refractivity contribution in [2.45, 2.75) is 63.2 Å². The van der Waals surface area contributed by atoms with Crippen LogP contribution < -0.4 is 20.1 Å². The van der Waals surface area contributed by atoms with E-state index in [1.807, 2.05) is 6.07 Å². The molecule has 4 rings (SSSR count). The molecule has 1 aromatic heterocycles. The van der Waals surface area contributed by atoms with Gasteiger partial charge in [-0.3, -0.25) is 9.64 Å². The molecule has 46 heavy (non-hydrogen) atoms. The minimum atomic E-state index is -4.55. The number of hydrogen-bond donors (Lipinski definition) is 3. The van der Waals surface area contributed by atoms with Crippen LogP contribution in [0.25, 0.3) is 14.9 Å². The fourth-order valence-corrected chi connectivity index (χ4v) is 7.39. The van der Waals surface area contributed by atoms with Crippen molar-refractivity contribution < 1.29 is 35.5 Å². The number of ether oxygens (including phenoxy) is 1. The van der Waals surface area contributed by atoms with Gasteiger partial charge in [0.2, 0.25) is 5.91 Å². The van der Waals surface area contributed by atoms with E-state index in [-0.39, 0.29) is 34.5 Å². The highest BCUT2D eigenvalue weighted by Gasteiger charge is 2.31. The summed E-state index contributed by atoms with van der Waals surface area (Å²) in [7, 11) is -4.55. The lowest BCUT2D eigenvalue weighted by Gasteiger charge is -2.35. The van der Waals surface area contributed by atoms with Gasteiger partial charge >= 0.3 is 12.9 Å². The summed E-state index contributed by atoms with van der Waals surface area (Å²) in [4.78, 5) is 16.1. The van der Waals surface area contributed by atoms with Gasteiger partial charge in [0.15, 0.2) is 5.75 Å². The number of amides is 1. The minimum absolute atomic E-state index is 0.0425. The third-order valence-electron chi connectivity index (χ3n) is 7.27. The van der Waals surface area contributed by atoms with Crippen LogP contribution in [0.3, 0.4) is 0 Å². The number of benzene rings is 2. The topological polar surface area (TPSA) is 104 Å². The van der Waals surface area contributed by atoms with Crippen molar-refractivity contribution in [3.63, 3.8) is 0 Å². The summed E-state index contributed by atoms with van der Waals surface area (Å²) in [5.41, 5.74) is 0.781. The quantitative estimate of drug-likeness (QED) is 0.138. The van der Waals surface area contributed by atoms with Crippen LogP contribution in [0.15, 0.2) is 35.2 Å². The third kappa shape index (κ3) is 8.81. The SMILES string of the molecule is [C-]#[N+]COc1cc(S(=O)(=O)NC(C)=O)c(F)cc1NCC#Cc1sc2c(NC3CCN(C(C)C)CC3)cccc2c1CC(F)(F)F. The van der Waals surface area contributed by atoms with Crippen molar-refractivity contribution in [2.75, 3.05) is 37.0 Å². The van der Waals surface area contributed by atoms with Crippen molar-refractivity contribution in [2.24, 2.45) is 0 Å². The average molecular weight is 680 g/mol. The van der Waals surface area contributed by atoms with Gasteiger partial charge in [-0.1, -0.05) is 24.0 Å². The Morgan fingerprint density at radius 1 is 1.22 bits per heavy atom. The number of rotatable bonds is 10. The van der Waals surface area contributed by atoms with Gasteiger partial charge in [0.25, 0.3) is 10.0 Å². The lowest BCUT2D eigenvalue weighted by Crippen LogP contribution is -2.42. The highest BCUT2D eigenvalue weighted by molar-refractivity contribution is 7.90. The first-order valence-corrected chi connectivity index (χ1v) is 16.7. The molecule has 2 aromatic carbocycles. The van der Waals surface area contributed by atoms with Crippen LogP contribution in [0, 0.1) is 24.2 Å². The van der Waals surface area contributed by atoms with Crippen LogP contribution in [0.1, 0.15) is 44.1 Å². The molecule has 3 N–H and O–H groups in total. The third-order valence-corrected chi connectivity index (χ3v) is 9.92. The number of fused-ring (bicyclic) bond motifs is 1. The summed E-state index contributed by atoms with van der Waals surface area (Å²) in [6.07, 6.45) is -3.81. The van der Waals surface area contributed by atoms with E-state index in [9.17, 15) is 30.8 Å². The van der Waals surface area contributed by atoms with Crippen molar-refractivity contribution in [3.05, 3.63) is 58.0 Å². The van der Waals surface area contributed by atoms with Gasteiger partial charge in [-0.05, 0) is 43.7 Å². The number of nitrogens with zero attached hydrogens (tertiary/aromatic N) is 2. The molecule has 246 valence electrons. The highest BCUT2D eigenvalue weighted by atomic mass is 32.2. The van der Waals surface area contributed by atoms with Crippen LogP contribution in [-0.2, 0) is 21.2 Å². The van der Waals surface area contributed by atoms with E-state index in [2.05, 4.69) is 46.1 Å². The molecular weight excluding hydrogens is 646 g/mol. The van der Waals surface area contributed by atoms with E-state index >= 15 is 0 Å². The van der Waals surface area contributed by atoms with Gasteiger partial charge in [-0.15, -0.1) is 11.3 Å². The van der Waals surface area contributed by atoms with Gasteiger partial charge in [-0.2, -0.15) is 13.2 Å². The Bertz CT molecular complexity index is 1800. The molecule has 15 heteroatoms. The Kier molecular flexibility index (Phi) is 11.0. The van der Waals surface area contributed by atoms with Crippen LogP contribution in [-0.4, -0.2) is 63.8 Å². The normalized spacial score (nSPS) is 14.4. The van der Waals surface area contributed by atoms with Crippen molar-refractivity contribution >= 4 is 48.7 Å². The van der Waals surface area contributed by atoms with E-state index in [0.29, 0.717) is 16.1 Å². The Morgan fingerprint density at radius 3 is 2.57 bits per heavy atom. The van der Waals surface area contributed by atoms with Crippen molar-refractivity contribution in [1.29, 1.82) is 0 Å². The first kappa shape index (κ1) is 34.8. The largest absolute Gasteiger partial charge is 0.424 e. The molecule has 0 saturated carbocycles. The number of carbonyl (C=O) groups is 1. The van der Waals surface area contributed by atoms with Gasteiger partial charge in [0.05, 0.1) is 33.9 Å². The van der Waals surface area contributed by atoms with Gasteiger partial charge in [0.1, 0.15) is 10.7 Å². The molecule has 1 aliphatic heterocycles. The van der Waals surface area contributed by atoms with Gasteiger partial charge in [0, 0.05) is 44.2 Å². The molecular formula is C31H33F4N5O4S2. The molecule has 0 atom stereocenters.